The molecule has 0 amide bonds. The molecule has 2 rings (SSSR count). The molecule has 8 heteroatoms. The Morgan fingerprint density at radius 3 is 2.19 bits per heavy atom. The van der Waals surface area contributed by atoms with Crippen LogP contribution in [0.2, 0.25) is 0 Å². The lowest BCUT2D eigenvalue weighted by atomic mass is 10.2. The maximum atomic E-state index is 10.5. The first-order chi connectivity index (χ1) is 9.79. The van der Waals surface area contributed by atoms with Crippen molar-refractivity contribution in [3.8, 4) is 0 Å². The second kappa shape index (κ2) is 8.08. The van der Waals surface area contributed by atoms with Gasteiger partial charge in [0.05, 0.1) is 24.7 Å². The Hall–Kier alpha value is -1.48. The van der Waals surface area contributed by atoms with E-state index in [2.05, 4.69) is 0 Å². The summed E-state index contributed by atoms with van der Waals surface area (Å²) in [6.07, 6.45) is 0. The van der Waals surface area contributed by atoms with Crippen molar-refractivity contribution in [3.05, 3.63) is 29.8 Å². The molecule has 1 fully saturated rings. The first-order valence-electron chi connectivity index (χ1n) is 6.35. The Bertz CT molecular complexity index is 549. The summed E-state index contributed by atoms with van der Waals surface area (Å²) in [7, 11) is -4.02. The molecule has 1 aromatic carbocycles. The lowest BCUT2D eigenvalue weighted by molar-refractivity contribution is -0.139. The van der Waals surface area contributed by atoms with Gasteiger partial charge in [0.1, 0.15) is 0 Å². The predicted octanol–water partition coefficient (Wildman–Crippen LogP) is 0.645. The highest BCUT2D eigenvalue weighted by Crippen LogP contribution is 2.08. The molecule has 21 heavy (non-hydrogen) atoms. The van der Waals surface area contributed by atoms with Crippen molar-refractivity contribution in [3.63, 3.8) is 0 Å². The Morgan fingerprint density at radius 2 is 1.76 bits per heavy atom. The lowest BCUT2D eigenvalue weighted by Crippen LogP contribution is -2.39. The van der Waals surface area contributed by atoms with Crippen LogP contribution in [0.15, 0.2) is 29.2 Å². The number of ether oxygens (including phenoxy) is 1. The number of morpholine rings is 1. The standard InChI is InChI=1S/C7H8O3S.C6H11NO3/c1-6-2-4-7(5-3-6)11(8,9)10;8-6(9)5-7-1-3-10-4-2-7/h2-5H,1H3,(H,8,9,10);1-5H2,(H,8,9). The minimum atomic E-state index is -4.02. The SMILES string of the molecule is Cc1ccc(S(=O)(=O)O)cc1.O=C(O)CN1CCOCC1. The van der Waals surface area contributed by atoms with Crippen molar-refractivity contribution in [1.29, 1.82) is 0 Å². The summed E-state index contributed by atoms with van der Waals surface area (Å²) in [5.41, 5.74) is 0.956. The van der Waals surface area contributed by atoms with Crippen LogP contribution < -0.4 is 0 Å². The van der Waals surface area contributed by atoms with E-state index < -0.39 is 16.1 Å². The average Bonchev–Trinajstić information content (AvgIpc) is 2.39. The van der Waals surface area contributed by atoms with E-state index in [1.54, 1.807) is 12.1 Å². The van der Waals surface area contributed by atoms with E-state index >= 15 is 0 Å². The third-order valence-electron chi connectivity index (χ3n) is 2.78. The molecule has 0 bridgehead atoms. The number of carboxylic acid groups (broad SMARTS) is 1. The highest BCUT2D eigenvalue weighted by atomic mass is 32.2. The molecule has 0 unspecified atom stereocenters. The van der Waals surface area contributed by atoms with Crippen molar-refractivity contribution in [1.82, 2.24) is 4.90 Å². The van der Waals surface area contributed by atoms with Gasteiger partial charge < -0.3 is 9.84 Å². The van der Waals surface area contributed by atoms with Gasteiger partial charge in [0.25, 0.3) is 10.1 Å². The molecule has 1 heterocycles. The molecule has 0 spiro atoms. The van der Waals surface area contributed by atoms with Gasteiger partial charge in [0.2, 0.25) is 0 Å². The van der Waals surface area contributed by atoms with Gasteiger partial charge in [-0.1, -0.05) is 17.7 Å². The minimum absolute atomic E-state index is 0.0666. The quantitative estimate of drug-likeness (QED) is 0.788. The number of aliphatic carboxylic acids is 1. The Labute approximate surface area is 123 Å². The number of rotatable bonds is 3. The normalized spacial score (nSPS) is 15.9. The number of nitrogens with zero attached hydrogens (tertiary/aromatic N) is 1. The van der Waals surface area contributed by atoms with Gasteiger partial charge in [-0.15, -0.1) is 0 Å². The van der Waals surface area contributed by atoms with Crippen LogP contribution in [0.1, 0.15) is 5.56 Å². The number of hydrogen-bond donors (Lipinski definition) is 2. The summed E-state index contributed by atoms with van der Waals surface area (Å²) in [5, 5.41) is 8.38. The van der Waals surface area contributed by atoms with Crippen LogP contribution >= 0.6 is 0 Å². The van der Waals surface area contributed by atoms with Crippen LogP contribution in [-0.4, -0.2) is 61.8 Å². The van der Waals surface area contributed by atoms with Crippen LogP contribution in [-0.2, 0) is 19.6 Å². The Kier molecular flexibility index (Phi) is 6.76. The fourth-order valence-corrected chi connectivity index (χ4v) is 2.14. The summed E-state index contributed by atoms with van der Waals surface area (Å²) in [4.78, 5) is 12.0. The smallest absolute Gasteiger partial charge is 0.317 e. The Balaban J connectivity index is 0.000000211. The molecular formula is C13H19NO6S. The molecule has 2 N–H and O–H groups in total. The van der Waals surface area contributed by atoms with Gasteiger partial charge in [-0.05, 0) is 19.1 Å². The van der Waals surface area contributed by atoms with E-state index in [0.29, 0.717) is 13.2 Å². The summed E-state index contributed by atoms with van der Waals surface area (Å²) in [6.45, 7) is 4.79. The zero-order valence-electron chi connectivity index (χ0n) is 11.7. The van der Waals surface area contributed by atoms with Crippen molar-refractivity contribution in [2.45, 2.75) is 11.8 Å². The molecule has 1 saturated heterocycles. The van der Waals surface area contributed by atoms with E-state index in [1.807, 2.05) is 11.8 Å². The molecule has 118 valence electrons. The van der Waals surface area contributed by atoms with Gasteiger partial charge in [0, 0.05) is 13.1 Å². The van der Waals surface area contributed by atoms with E-state index in [9.17, 15) is 13.2 Å². The van der Waals surface area contributed by atoms with Gasteiger partial charge in [-0.25, -0.2) is 0 Å². The van der Waals surface area contributed by atoms with Gasteiger partial charge >= 0.3 is 5.97 Å². The molecule has 0 aliphatic carbocycles. The van der Waals surface area contributed by atoms with Gasteiger partial charge in [-0.2, -0.15) is 8.42 Å². The maximum absolute atomic E-state index is 10.5. The van der Waals surface area contributed by atoms with Gasteiger partial charge in [0.15, 0.2) is 0 Å². The summed E-state index contributed by atoms with van der Waals surface area (Å²) in [5.74, 6) is -0.762. The number of aryl methyl sites for hydroxylation is 1. The molecular weight excluding hydrogens is 298 g/mol. The third kappa shape index (κ3) is 7.19. The minimum Gasteiger partial charge on any atom is -0.480 e. The van der Waals surface area contributed by atoms with Crippen molar-refractivity contribution >= 4 is 16.1 Å². The predicted molar refractivity (Wildman–Crippen MR) is 75.9 cm³/mol. The molecule has 0 saturated carbocycles. The van der Waals surface area contributed by atoms with Gasteiger partial charge in [-0.3, -0.25) is 14.2 Å². The Morgan fingerprint density at radius 1 is 1.24 bits per heavy atom. The van der Waals surface area contributed by atoms with E-state index in [-0.39, 0.29) is 11.4 Å². The highest BCUT2D eigenvalue weighted by Gasteiger charge is 2.12. The van der Waals surface area contributed by atoms with Crippen molar-refractivity contribution in [2.24, 2.45) is 0 Å². The number of carboxylic acids is 1. The monoisotopic (exact) mass is 317 g/mol. The van der Waals surface area contributed by atoms with E-state index in [4.69, 9.17) is 14.4 Å². The van der Waals surface area contributed by atoms with Crippen LogP contribution in [0.4, 0.5) is 0 Å². The zero-order chi connectivity index (χ0) is 15.9. The van der Waals surface area contributed by atoms with Crippen molar-refractivity contribution in [2.75, 3.05) is 32.8 Å². The highest BCUT2D eigenvalue weighted by molar-refractivity contribution is 7.85. The van der Waals surface area contributed by atoms with Crippen LogP contribution in [0.5, 0.6) is 0 Å². The van der Waals surface area contributed by atoms with Crippen molar-refractivity contribution < 1.29 is 27.6 Å². The molecule has 1 aliphatic heterocycles. The fraction of sp³-hybridized carbons (Fsp3) is 0.462. The largest absolute Gasteiger partial charge is 0.480 e. The van der Waals surface area contributed by atoms with Crippen LogP contribution in [0.3, 0.4) is 0 Å². The molecule has 1 aromatic rings. The second-order valence-corrected chi connectivity index (χ2v) is 5.99. The maximum Gasteiger partial charge on any atom is 0.317 e. The lowest BCUT2D eigenvalue weighted by Gasteiger charge is -2.24. The molecule has 0 radical (unpaired) electrons. The molecule has 7 nitrogen and oxygen atoms in total. The number of benzene rings is 1. The molecule has 0 aromatic heterocycles. The summed E-state index contributed by atoms with van der Waals surface area (Å²) >= 11 is 0. The average molecular weight is 317 g/mol. The fourth-order valence-electron chi connectivity index (χ4n) is 1.66. The second-order valence-electron chi connectivity index (χ2n) is 4.57. The van der Waals surface area contributed by atoms with Crippen LogP contribution in [0.25, 0.3) is 0 Å². The molecule has 1 aliphatic rings. The first-order valence-corrected chi connectivity index (χ1v) is 7.79. The molecule has 0 atom stereocenters. The summed E-state index contributed by atoms with van der Waals surface area (Å²) < 4.78 is 34.6. The summed E-state index contributed by atoms with van der Waals surface area (Å²) in [6, 6.07) is 5.99. The number of carbonyl (C=O) groups is 1. The van der Waals surface area contributed by atoms with E-state index in [0.717, 1.165) is 18.7 Å². The number of hydrogen-bond acceptors (Lipinski definition) is 5. The topological polar surface area (TPSA) is 104 Å². The first kappa shape index (κ1) is 17.6. The third-order valence-corrected chi connectivity index (χ3v) is 3.65. The van der Waals surface area contributed by atoms with Crippen LogP contribution in [0, 0.1) is 6.92 Å². The zero-order valence-corrected chi connectivity index (χ0v) is 12.5. The van der Waals surface area contributed by atoms with E-state index in [1.165, 1.54) is 12.1 Å².